The van der Waals surface area contributed by atoms with Gasteiger partial charge in [-0.3, -0.25) is 4.79 Å². The molecular formula is C10H9NO3. The molecule has 4 nitrogen and oxygen atoms in total. The summed E-state index contributed by atoms with van der Waals surface area (Å²) < 4.78 is 5.07. The van der Waals surface area contributed by atoms with Crippen molar-refractivity contribution in [2.24, 2.45) is 0 Å². The molecule has 0 fully saturated rings. The van der Waals surface area contributed by atoms with E-state index in [4.69, 9.17) is 9.52 Å². The van der Waals surface area contributed by atoms with Crippen molar-refractivity contribution in [2.75, 3.05) is 0 Å². The van der Waals surface area contributed by atoms with Gasteiger partial charge in [-0.15, -0.1) is 0 Å². The van der Waals surface area contributed by atoms with Gasteiger partial charge in [0, 0.05) is 6.42 Å². The average molecular weight is 191 g/mol. The number of fused-ring (bicyclic) bond motifs is 1. The SMILES string of the molecule is O=C(O)CCc1ccc2ocnc2c1. The minimum atomic E-state index is -0.787. The Hall–Kier alpha value is -1.84. The van der Waals surface area contributed by atoms with Crippen molar-refractivity contribution in [3.8, 4) is 0 Å². The molecule has 1 aromatic carbocycles. The largest absolute Gasteiger partial charge is 0.481 e. The molecule has 0 saturated carbocycles. The molecular weight excluding hydrogens is 182 g/mol. The lowest BCUT2D eigenvalue weighted by Gasteiger charge is -1.96. The zero-order chi connectivity index (χ0) is 9.97. The lowest BCUT2D eigenvalue weighted by molar-refractivity contribution is -0.136. The summed E-state index contributed by atoms with van der Waals surface area (Å²) in [5, 5.41) is 8.51. The van der Waals surface area contributed by atoms with E-state index in [9.17, 15) is 4.79 Å². The minimum Gasteiger partial charge on any atom is -0.481 e. The molecule has 0 radical (unpaired) electrons. The molecule has 72 valence electrons. The molecule has 1 aromatic heterocycles. The fraction of sp³-hybridized carbons (Fsp3) is 0.200. The molecule has 14 heavy (non-hydrogen) atoms. The minimum absolute atomic E-state index is 0.142. The first-order chi connectivity index (χ1) is 6.75. The van der Waals surface area contributed by atoms with Crippen molar-refractivity contribution in [2.45, 2.75) is 12.8 Å². The fourth-order valence-corrected chi connectivity index (χ4v) is 1.31. The number of carboxylic acids is 1. The van der Waals surface area contributed by atoms with E-state index < -0.39 is 5.97 Å². The molecule has 0 aliphatic rings. The van der Waals surface area contributed by atoms with E-state index >= 15 is 0 Å². The highest BCUT2D eigenvalue weighted by Crippen LogP contribution is 2.15. The molecule has 0 saturated heterocycles. The number of benzene rings is 1. The average Bonchev–Trinajstić information content (AvgIpc) is 2.61. The number of nitrogens with zero attached hydrogens (tertiary/aromatic N) is 1. The number of hydrogen-bond acceptors (Lipinski definition) is 3. The van der Waals surface area contributed by atoms with Crippen LogP contribution in [0.5, 0.6) is 0 Å². The van der Waals surface area contributed by atoms with Crippen molar-refractivity contribution < 1.29 is 14.3 Å². The second-order valence-electron chi connectivity index (χ2n) is 3.05. The standard InChI is InChI=1S/C10H9NO3/c12-10(13)4-2-7-1-3-9-8(5-7)11-6-14-9/h1,3,5-6H,2,4H2,(H,12,13). The molecule has 0 aliphatic carbocycles. The van der Waals surface area contributed by atoms with Gasteiger partial charge in [-0.2, -0.15) is 0 Å². The molecule has 0 bridgehead atoms. The van der Waals surface area contributed by atoms with Gasteiger partial charge in [-0.1, -0.05) is 6.07 Å². The van der Waals surface area contributed by atoms with Gasteiger partial charge in [0.05, 0.1) is 0 Å². The molecule has 1 heterocycles. The maximum absolute atomic E-state index is 10.4. The first-order valence-electron chi connectivity index (χ1n) is 4.29. The normalized spacial score (nSPS) is 10.6. The summed E-state index contributed by atoms with van der Waals surface area (Å²) in [5.74, 6) is -0.787. The van der Waals surface area contributed by atoms with Gasteiger partial charge in [0.1, 0.15) is 5.52 Å². The van der Waals surface area contributed by atoms with E-state index in [0.29, 0.717) is 6.42 Å². The quantitative estimate of drug-likeness (QED) is 0.804. The Bertz CT molecular complexity index is 461. The molecule has 0 aliphatic heterocycles. The van der Waals surface area contributed by atoms with Crippen LogP contribution >= 0.6 is 0 Å². The Kier molecular flexibility index (Phi) is 2.18. The highest BCUT2D eigenvalue weighted by atomic mass is 16.4. The molecule has 2 aromatic rings. The molecule has 4 heteroatoms. The van der Waals surface area contributed by atoms with Gasteiger partial charge in [0.2, 0.25) is 0 Å². The Labute approximate surface area is 80.2 Å². The van der Waals surface area contributed by atoms with E-state index in [2.05, 4.69) is 4.98 Å². The zero-order valence-electron chi connectivity index (χ0n) is 7.43. The third-order valence-electron chi connectivity index (χ3n) is 2.02. The van der Waals surface area contributed by atoms with Crippen LogP contribution in [0.15, 0.2) is 29.0 Å². The number of aromatic nitrogens is 1. The number of aryl methyl sites for hydroxylation is 1. The van der Waals surface area contributed by atoms with E-state index in [0.717, 1.165) is 16.7 Å². The summed E-state index contributed by atoms with van der Waals surface area (Å²) in [4.78, 5) is 14.3. The Balaban J connectivity index is 2.21. The van der Waals surface area contributed by atoms with Crippen molar-refractivity contribution in [3.63, 3.8) is 0 Å². The molecule has 0 atom stereocenters. The number of carboxylic acid groups (broad SMARTS) is 1. The van der Waals surface area contributed by atoms with Crippen molar-refractivity contribution >= 4 is 17.1 Å². The van der Waals surface area contributed by atoms with Crippen molar-refractivity contribution in [3.05, 3.63) is 30.2 Å². The summed E-state index contributed by atoms with van der Waals surface area (Å²) in [6.07, 6.45) is 2.05. The predicted molar refractivity (Wildman–Crippen MR) is 50.0 cm³/mol. The molecule has 0 spiro atoms. The third-order valence-corrected chi connectivity index (χ3v) is 2.02. The summed E-state index contributed by atoms with van der Waals surface area (Å²) in [6.45, 7) is 0. The smallest absolute Gasteiger partial charge is 0.303 e. The Morgan fingerprint density at radius 3 is 3.14 bits per heavy atom. The highest BCUT2D eigenvalue weighted by molar-refractivity contribution is 5.73. The van der Waals surface area contributed by atoms with Crippen LogP contribution in [-0.2, 0) is 11.2 Å². The monoisotopic (exact) mass is 191 g/mol. The van der Waals surface area contributed by atoms with Crippen LogP contribution in [0.2, 0.25) is 0 Å². The van der Waals surface area contributed by atoms with Crippen LogP contribution in [0.3, 0.4) is 0 Å². The Morgan fingerprint density at radius 2 is 2.36 bits per heavy atom. The van der Waals surface area contributed by atoms with Crippen LogP contribution in [0, 0.1) is 0 Å². The fourth-order valence-electron chi connectivity index (χ4n) is 1.31. The number of rotatable bonds is 3. The Morgan fingerprint density at radius 1 is 1.50 bits per heavy atom. The summed E-state index contributed by atoms with van der Waals surface area (Å²) in [7, 11) is 0. The van der Waals surface area contributed by atoms with E-state index in [1.165, 1.54) is 6.39 Å². The van der Waals surface area contributed by atoms with Crippen LogP contribution in [0.25, 0.3) is 11.1 Å². The second-order valence-corrected chi connectivity index (χ2v) is 3.05. The van der Waals surface area contributed by atoms with Gasteiger partial charge in [-0.05, 0) is 24.1 Å². The topological polar surface area (TPSA) is 63.3 Å². The molecule has 1 N–H and O–H groups in total. The maximum atomic E-state index is 10.4. The van der Waals surface area contributed by atoms with Crippen LogP contribution in [0.1, 0.15) is 12.0 Å². The van der Waals surface area contributed by atoms with Gasteiger partial charge in [-0.25, -0.2) is 4.98 Å². The van der Waals surface area contributed by atoms with Gasteiger partial charge in [0.15, 0.2) is 12.0 Å². The van der Waals surface area contributed by atoms with Gasteiger partial charge in [0.25, 0.3) is 0 Å². The number of hydrogen-bond donors (Lipinski definition) is 1. The zero-order valence-corrected chi connectivity index (χ0v) is 7.43. The number of carbonyl (C=O) groups is 1. The lowest BCUT2D eigenvalue weighted by atomic mass is 10.1. The third kappa shape index (κ3) is 1.74. The summed E-state index contributed by atoms with van der Waals surface area (Å²) in [6, 6.07) is 5.51. The van der Waals surface area contributed by atoms with Crippen LogP contribution < -0.4 is 0 Å². The first-order valence-corrected chi connectivity index (χ1v) is 4.29. The van der Waals surface area contributed by atoms with Crippen LogP contribution in [0.4, 0.5) is 0 Å². The van der Waals surface area contributed by atoms with E-state index in [1.54, 1.807) is 6.07 Å². The van der Waals surface area contributed by atoms with Gasteiger partial charge >= 0.3 is 5.97 Å². The number of oxazole rings is 1. The predicted octanol–water partition coefficient (Wildman–Crippen LogP) is 1.84. The van der Waals surface area contributed by atoms with Gasteiger partial charge < -0.3 is 9.52 Å². The van der Waals surface area contributed by atoms with Crippen LogP contribution in [-0.4, -0.2) is 16.1 Å². The summed E-state index contributed by atoms with van der Waals surface area (Å²) in [5.41, 5.74) is 2.46. The highest BCUT2D eigenvalue weighted by Gasteiger charge is 2.02. The van der Waals surface area contributed by atoms with E-state index in [1.807, 2.05) is 12.1 Å². The first kappa shape index (κ1) is 8.74. The second kappa shape index (κ2) is 3.49. The lowest BCUT2D eigenvalue weighted by Crippen LogP contribution is -1.97. The molecule has 0 unspecified atom stereocenters. The number of aliphatic carboxylic acids is 1. The van der Waals surface area contributed by atoms with Crippen molar-refractivity contribution in [1.29, 1.82) is 0 Å². The van der Waals surface area contributed by atoms with E-state index in [-0.39, 0.29) is 6.42 Å². The molecule has 2 rings (SSSR count). The summed E-state index contributed by atoms with van der Waals surface area (Å²) >= 11 is 0. The molecule has 0 amide bonds. The van der Waals surface area contributed by atoms with Crippen molar-refractivity contribution in [1.82, 2.24) is 4.98 Å². The maximum Gasteiger partial charge on any atom is 0.303 e.